The SMILES string of the molecule is C/C(=C\c1ccccc1)C(=O)Nc1cc2c(cc1F)N(C)S(=O)(=O)N2C. The molecule has 0 spiro atoms. The zero-order valence-corrected chi connectivity index (χ0v) is 15.3. The number of rotatable bonds is 3. The molecule has 0 saturated heterocycles. The van der Waals surface area contributed by atoms with Crippen molar-refractivity contribution in [2.45, 2.75) is 6.92 Å². The highest BCUT2D eigenvalue weighted by molar-refractivity contribution is 7.94. The van der Waals surface area contributed by atoms with Crippen molar-refractivity contribution >= 4 is 39.3 Å². The van der Waals surface area contributed by atoms with E-state index in [9.17, 15) is 17.6 Å². The van der Waals surface area contributed by atoms with Crippen LogP contribution in [0.4, 0.5) is 21.5 Å². The Morgan fingerprint density at radius 1 is 1.08 bits per heavy atom. The first kappa shape index (κ1) is 17.9. The molecular weight excluding hydrogens is 357 g/mol. The standard InChI is InChI=1S/C18H18FN3O3S/c1-12(9-13-7-5-4-6-8-13)18(23)20-15-11-17-16(10-14(15)19)21(2)26(24,25)22(17)3/h4-11H,1-3H3,(H,20,23)/b12-9+. The largest absolute Gasteiger partial charge is 0.326 e. The van der Waals surface area contributed by atoms with E-state index in [2.05, 4.69) is 5.32 Å². The van der Waals surface area contributed by atoms with Crippen molar-refractivity contribution in [3.8, 4) is 0 Å². The van der Waals surface area contributed by atoms with Crippen molar-refractivity contribution in [2.24, 2.45) is 0 Å². The predicted octanol–water partition coefficient (Wildman–Crippen LogP) is 3.00. The van der Waals surface area contributed by atoms with Gasteiger partial charge in [0.15, 0.2) is 0 Å². The van der Waals surface area contributed by atoms with Gasteiger partial charge in [-0.15, -0.1) is 0 Å². The quantitative estimate of drug-likeness (QED) is 0.839. The smallest absolute Gasteiger partial charge is 0.320 e. The third-order valence-electron chi connectivity index (χ3n) is 4.22. The molecule has 2 aromatic rings. The summed E-state index contributed by atoms with van der Waals surface area (Å²) in [6.45, 7) is 1.62. The van der Waals surface area contributed by atoms with Gasteiger partial charge < -0.3 is 5.32 Å². The van der Waals surface area contributed by atoms with Gasteiger partial charge in [-0.2, -0.15) is 8.42 Å². The summed E-state index contributed by atoms with van der Waals surface area (Å²) in [5, 5.41) is 2.50. The van der Waals surface area contributed by atoms with Crippen LogP contribution in [0.3, 0.4) is 0 Å². The number of hydrogen-bond donors (Lipinski definition) is 1. The van der Waals surface area contributed by atoms with Gasteiger partial charge >= 0.3 is 10.2 Å². The van der Waals surface area contributed by atoms with Crippen LogP contribution < -0.4 is 13.9 Å². The number of carbonyl (C=O) groups is 1. The highest BCUT2D eigenvalue weighted by atomic mass is 32.2. The summed E-state index contributed by atoms with van der Waals surface area (Å²) in [5.41, 5.74) is 1.69. The van der Waals surface area contributed by atoms with E-state index in [1.807, 2.05) is 30.3 Å². The number of carbonyl (C=O) groups excluding carboxylic acids is 1. The first-order chi connectivity index (χ1) is 12.2. The average molecular weight is 375 g/mol. The van der Waals surface area contributed by atoms with E-state index >= 15 is 0 Å². The van der Waals surface area contributed by atoms with Crippen LogP contribution in [-0.2, 0) is 15.0 Å². The minimum absolute atomic E-state index is 0.0769. The molecular formula is C18H18FN3O3S. The number of anilines is 3. The maximum absolute atomic E-state index is 14.4. The third kappa shape index (κ3) is 3.03. The van der Waals surface area contributed by atoms with E-state index in [0.29, 0.717) is 11.3 Å². The maximum Gasteiger partial charge on any atom is 0.326 e. The van der Waals surface area contributed by atoms with Gasteiger partial charge in [0.05, 0.1) is 17.1 Å². The van der Waals surface area contributed by atoms with Crippen LogP contribution in [0.1, 0.15) is 12.5 Å². The summed E-state index contributed by atoms with van der Waals surface area (Å²) in [4.78, 5) is 12.4. The fraction of sp³-hybridized carbons (Fsp3) is 0.167. The summed E-state index contributed by atoms with van der Waals surface area (Å²) in [7, 11) is -0.980. The first-order valence-electron chi connectivity index (χ1n) is 7.83. The predicted molar refractivity (Wildman–Crippen MR) is 101 cm³/mol. The number of hydrogen-bond acceptors (Lipinski definition) is 3. The third-order valence-corrected chi connectivity index (χ3v) is 6.00. The Kier molecular flexibility index (Phi) is 4.45. The van der Waals surface area contributed by atoms with Gasteiger partial charge in [0, 0.05) is 25.7 Å². The number of benzene rings is 2. The fourth-order valence-corrected chi connectivity index (χ4v) is 3.83. The van der Waals surface area contributed by atoms with E-state index in [1.165, 1.54) is 20.2 Å². The topological polar surface area (TPSA) is 69.7 Å². The number of nitrogens with zero attached hydrogens (tertiary/aromatic N) is 2. The summed E-state index contributed by atoms with van der Waals surface area (Å²) in [6.07, 6.45) is 1.69. The van der Waals surface area contributed by atoms with Crippen LogP contribution in [0, 0.1) is 5.82 Å². The van der Waals surface area contributed by atoms with E-state index in [0.717, 1.165) is 20.2 Å². The van der Waals surface area contributed by atoms with Crippen LogP contribution in [-0.4, -0.2) is 28.4 Å². The maximum atomic E-state index is 14.4. The second-order valence-electron chi connectivity index (χ2n) is 5.96. The Bertz CT molecular complexity index is 1000. The van der Waals surface area contributed by atoms with Crippen molar-refractivity contribution in [1.82, 2.24) is 0 Å². The number of nitrogens with one attached hydrogen (secondary N) is 1. The number of amides is 1. The molecule has 0 bridgehead atoms. The molecule has 0 fully saturated rings. The van der Waals surface area contributed by atoms with Crippen molar-refractivity contribution in [1.29, 1.82) is 0 Å². The minimum Gasteiger partial charge on any atom is -0.320 e. The first-order valence-corrected chi connectivity index (χ1v) is 9.22. The van der Waals surface area contributed by atoms with Crippen molar-refractivity contribution < 1.29 is 17.6 Å². The van der Waals surface area contributed by atoms with Gasteiger partial charge in [-0.25, -0.2) is 4.39 Å². The molecule has 26 heavy (non-hydrogen) atoms. The second-order valence-corrected chi connectivity index (χ2v) is 7.95. The molecule has 3 rings (SSSR count). The molecule has 0 radical (unpaired) electrons. The van der Waals surface area contributed by atoms with Gasteiger partial charge in [0.2, 0.25) is 0 Å². The lowest BCUT2D eigenvalue weighted by atomic mass is 10.1. The van der Waals surface area contributed by atoms with Crippen LogP contribution in [0.2, 0.25) is 0 Å². The van der Waals surface area contributed by atoms with Gasteiger partial charge in [-0.05, 0) is 24.6 Å². The van der Waals surface area contributed by atoms with Crippen LogP contribution in [0.25, 0.3) is 6.08 Å². The Hall–Kier alpha value is -2.87. The van der Waals surface area contributed by atoms with Crippen molar-refractivity contribution in [3.63, 3.8) is 0 Å². The van der Waals surface area contributed by atoms with Crippen molar-refractivity contribution in [2.75, 3.05) is 28.0 Å². The van der Waals surface area contributed by atoms with Crippen LogP contribution >= 0.6 is 0 Å². The Labute approximate surface area is 151 Å². The monoisotopic (exact) mass is 375 g/mol. The van der Waals surface area contributed by atoms with E-state index in [1.54, 1.807) is 13.0 Å². The molecule has 0 saturated carbocycles. The lowest BCUT2D eigenvalue weighted by molar-refractivity contribution is -0.112. The molecule has 6 nitrogen and oxygen atoms in total. The Morgan fingerprint density at radius 3 is 2.27 bits per heavy atom. The molecule has 0 aliphatic carbocycles. The van der Waals surface area contributed by atoms with E-state index < -0.39 is 21.9 Å². The van der Waals surface area contributed by atoms with Crippen LogP contribution in [0.5, 0.6) is 0 Å². The summed E-state index contributed by atoms with van der Waals surface area (Å²) >= 11 is 0. The molecule has 1 amide bonds. The molecule has 8 heteroatoms. The van der Waals surface area contributed by atoms with Gasteiger partial charge in [-0.1, -0.05) is 30.3 Å². The lowest BCUT2D eigenvalue weighted by Crippen LogP contribution is -2.32. The molecule has 1 N–H and O–H groups in total. The molecule has 1 aliphatic heterocycles. The fourth-order valence-electron chi connectivity index (χ4n) is 2.67. The molecule has 0 atom stereocenters. The van der Waals surface area contributed by atoms with Crippen molar-refractivity contribution in [3.05, 3.63) is 59.4 Å². The summed E-state index contributed by atoms with van der Waals surface area (Å²) in [6, 6.07) is 11.7. The molecule has 2 aromatic carbocycles. The Balaban J connectivity index is 1.89. The van der Waals surface area contributed by atoms with Crippen LogP contribution in [0.15, 0.2) is 48.0 Å². The van der Waals surface area contributed by atoms with E-state index in [4.69, 9.17) is 0 Å². The Morgan fingerprint density at radius 2 is 1.65 bits per heavy atom. The zero-order chi connectivity index (χ0) is 19.1. The minimum atomic E-state index is -3.71. The molecule has 1 heterocycles. The highest BCUT2D eigenvalue weighted by Gasteiger charge is 2.36. The molecule has 1 aliphatic rings. The summed E-state index contributed by atoms with van der Waals surface area (Å²) < 4.78 is 40.7. The number of halogens is 1. The normalized spacial score (nSPS) is 15.8. The second kappa shape index (κ2) is 6.45. The van der Waals surface area contributed by atoms with Gasteiger partial charge in [0.1, 0.15) is 5.82 Å². The highest BCUT2D eigenvalue weighted by Crippen LogP contribution is 2.41. The molecule has 136 valence electrons. The summed E-state index contributed by atoms with van der Waals surface area (Å²) in [5.74, 6) is -1.17. The number of fused-ring (bicyclic) bond motifs is 1. The van der Waals surface area contributed by atoms with Gasteiger partial charge in [-0.3, -0.25) is 13.4 Å². The van der Waals surface area contributed by atoms with Gasteiger partial charge in [0.25, 0.3) is 5.91 Å². The zero-order valence-electron chi connectivity index (χ0n) is 14.5. The molecule has 0 aromatic heterocycles. The lowest BCUT2D eigenvalue weighted by Gasteiger charge is -2.13. The van der Waals surface area contributed by atoms with E-state index in [-0.39, 0.29) is 11.4 Å². The molecule has 0 unspecified atom stereocenters. The average Bonchev–Trinajstić information content (AvgIpc) is 2.77.